The zero-order chi connectivity index (χ0) is 12.9. The SMILES string of the molecule is CCCNC(C1CCC1)C12CC3CC(CC(C3)C1)C2. The minimum Gasteiger partial charge on any atom is -0.313 e. The molecule has 0 amide bonds. The Morgan fingerprint density at radius 3 is 2.00 bits per heavy atom. The van der Waals surface area contributed by atoms with E-state index in [4.69, 9.17) is 0 Å². The summed E-state index contributed by atoms with van der Waals surface area (Å²) in [6.45, 7) is 3.58. The van der Waals surface area contributed by atoms with E-state index in [1.165, 1.54) is 32.2 Å². The van der Waals surface area contributed by atoms with Gasteiger partial charge >= 0.3 is 0 Å². The van der Waals surface area contributed by atoms with Gasteiger partial charge in [-0.25, -0.2) is 0 Å². The predicted octanol–water partition coefficient (Wildman–Crippen LogP) is 4.37. The number of nitrogens with one attached hydrogen (secondary N) is 1. The van der Waals surface area contributed by atoms with Crippen molar-refractivity contribution in [3.63, 3.8) is 0 Å². The first-order valence-electron chi connectivity index (χ1n) is 9.02. The van der Waals surface area contributed by atoms with Gasteiger partial charge in [0, 0.05) is 6.04 Å². The van der Waals surface area contributed by atoms with Gasteiger partial charge in [-0.3, -0.25) is 0 Å². The van der Waals surface area contributed by atoms with Gasteiger partial charge in [-0.2, -0.15) is 0 Å². The lowest BCUT2D eigenvalue weighted by Crippen LogP contribution is -2.59. The van der Waals surface area contributed by atoms with Crippen LogP contribution in [-0.4, -0.2) is 12.6 Å². The van der Waals surface area contributed by atoms with Crippen LogP contribution in [0.15, 0.2) is 0 Å². The van der Waals surface area contributed by atoms with E-state index in [1.807, 2.05) is 0 Å². The van der Waals surface area contributed by atoms with Crippen LogP contribution in [0.1, 0.15) is 71.1 Å². The van der Waals surface area contributed by atoms with Crippen molar-refractivity contribution < 1.29 is 0 Å². The van der Waals surface area contributed by atoms with E-state index < -0.39 is 0 Å². The molecule has 0 saturated heterocycles. The molecule has 0 spiro atoms. The molecule has 5 fully saturated rings. The lowest BCUT2D eigenvalue weighted by atomic mass is 9.46. The molecule has 5 aliphatic carbocycles. The van der Waals surface area contributed by atoms with Crippen LogP contribution < -0.4 is 5.32 Å². The van der Waals surface area contributed by atoms with E-state index in [2.05, 4.69) is 12.2 Å². The highest BCUT2D eigenvalue weighted by atomic mass is 15.0. The topological polar surface area (TPSA) is 12.0 Å². The molecule has 0 aromatic rings. The average Bonchev–Trinajstić information content (AvgIpc) is 2.30. The maximum atomic E-state index is 4.03. The van der Waals surface area contributed by atoms with E-state index in [0.717, 1.165) is 35.1 Å². The Labute approximate surface area is 118 Å². The van der Waals surface area contributed by atoms with Crippen LogP contribution in [0.3, 0.4) is 0 Å². The number of rotatable bonds is 5. The summed E-state index contributed by atoms with van der Waals surface area (Å²) in [5.74, 6) is 4.36. The third-order valence-corrected chi connectivity index (χ3v) is 6.98. The molecule has 1 atom stereocenters. The third-order valence-electron chi connectivity index (χ3n) is 6.98. The van der Waals surface area contributed by atoms with Gasteiger partial charge in [0.15, 0.2) is 0 Å². The molecule has 1 N–H and O–H groups in total. The zero-order valence-electron chi connectivity index (χ0n) is 12.7. The van der Waals surface area contributed by atoms with Crippen molar-refractivity contribution in [2.75, 3.05) is 6.54 Å². The van der Waals surface area contributed by atoms with Crippen molar-refractivity contribution in [2.45, 2.75) is 77.2 Å². The molecule has 4 bridgehead atoms. The second-order valence-electron chi connectivity index (χ2n) is 8.40. The van der Waals surface area contributed by atoms with E-state index in [0.29, 0.717) is 0 Å². The summed E-state index contributed by atoms with van der Waals surface area (Å²) in [7, 11) is 0. The summed E-state index contributed by atoms with van der Waals surface area (Å²) < 4.78 is 0. The van der Waals surface area contributed by atoms with Gasteiger partial charge < -0.3 is 5.32 Å². The highest BCUT2D eigenvalue weighted by Crippen LogP contribution is 2.62. The Balaban J connectivity index is 1.56. The molecule has 5 saturated carbocycles. The van der Waals surface area contributed by atoms with Crippen molar-refractivity contribution in [1.82, 2.24) is 5.32 Å². The maximum Gasteiger partial charge on any atom is 0.0152 e. The van der Waals surface area contributed by atoms with Crippen molar-refractivity contribution in [3.8, 4) is 0 Å². The normalized spacial score (nSPS) is 46.3. The van der Waals surface area contributed by atoms with Crippen LogP contribution in [0.2, 0.25) is 0 Å². The van der Waals surface area contributed by atoms with Gasteiger partial charge in [-0.05, 0) is 93.4 Å². The summed E-state index contributed by atoms with van der Waals surface area (Å²) in [5, 5.41) is 4.03. The summed E-state index contributed by atoms with van der Waals surface area (Å²) in [6.07, 6.45) is 15.3. The van der Waals surface area contributed by atoms with Gasteiger partial charge in [0.05, 0.1) is 0 Å². The molecule has 1 nitrogen and oxygen atoms in total. The summed E-state index contributed by atoms with van der Waals surface area (Å²) in [4.78, 5) is 0. The molecule has 0 aromatic heterocycles. The van der Waals surface area contributed by atoms with E-state index >= 15 is 0 Å². The fourth-order valence-corrected chi connectivity index (χ4v) is 6.51. The number of hydrogen-bond donors (Lipinski definition) is 1. The summed E-state index contributed by atoms with van der Waals surface area (Å²) >= 11 is 0. The van der Waals surface area contributed by atoms with Gasteiger partial charge in [-0.15, -0.1) is 0 Å². The molecule has 5 aliphatic rings. The Morgan fingerprint density at radius 1 is 1.00 bits per heavy atom. The molecular weight excluding hydrogens is 230 g/mol. The zero-order valence-corrected chi connectivity index (χ0v) is 12.7. The monoisotopic (exact) mass is 261 g/mol. The Kier molecular flexibility index (Phi) is 3.17. The minimum absolute atomic E-state index is 0.731. The second-order valence-corrected chi connectivity index (χ2v) is 8.40. The first-order chi connectivity index (χ1) is 9.29. The molecule has 0 aromatic carbocycles. The average molecular weight is 261 g/mol. The maximum absolute atomic E-state index is 4.03. The molecule has 1 heteroatoms. The first kappa shape index (κ1) is 12.7. The van der Waals surface area contributed by atoms with Crippen LogP contribution in [0.5, 0.6) is 0 Å². The Hall–Kier alpha value is -0.0400. The van der Waals surface area contributed by atoms with Crippen LogP contribution in [0.4, 0.5) is 0 Å². The summed E-state index contributed by atoms with van der Waals surface area (Å²) in [6, 6.07) is 0.884. The van der Waals surface area contributed by atoms with Gasteiger partial charge in [-0.1, -0.05) is 13.3 Å². The first-order valence-corrected chi connectivity index (χ1v) is 9.02. The second kappa shape index (κ2) is 4.76. The van der Waals surface area contributed by atoms with Crippen molar-refractivity contribution in [3.05, 3.63) is 0 Å². The third kappa shape index (κ3) is 2.07. The van der Waals surface area contributed by atoms with Crippen LogP contribution in [0.25, 0.3) is 0 Å². The molecule has 108 valence electrons. The highest BCUT2D eigenvalue weighted by Gasteiger charge is 2.55. The predicted molar refractivity (Wildman–Crippen MR) is 80.0 cm³/mol. The number of hydrogen-bond acceptors (Lipinski definition) is 1. The molecule has 0 aliphatic heterocycles. The fourth-order valence-electron chi connectivity index (χ4n) is 6.51. The molecule has 19 heavy (non-hydrogen) atoms. The standard InChI is InChI=1S/C18H31N/c1-2-6-19-17(16-4-3-5-16)18-10-13-7-14(11-18)9-15(8-13)12-18/h13-17,19H,2-12H2,1H3. The van der Waals surface area contributed by atoms with Gasteiger partial charge in [0.1, 0.15) is 0 Å². The van der Waals surface area contributed by atoms with Crippen LogP contribution in [0, 0.1) is 29.1 Å². The summed E-state index contributed by atoms with van der Waals surface area (Å²) in [5.41, 5.74) is 0.731. The lowest BCUT2D eigenvalue weighted by molar-refractivity contribution is -0.0919. The van der Waals surface area contributed by atoms with Crippen molar-refractivity contribution in [1.29, 1.82) is 0 Å². The van der Waals surface area contributed by atoms with Crippen molar-refractivity contribution >= 4 is 0 Å². The minimum atomic E-state index is 0.731. The molecule has 5 rings (SSSR count). The van der Waals surface area contributed by atoms with Gasteiger partial charge in [0.2, 0.25) is 0 Å². The fraction of sp³-hybridized carbons (Fsp3) is 1.00. The van der Waals surface area contributed by atoms with E-state index in [9.17, 15) is 0 Å². The Bertz CT molecular complexity index is 295. The highest BCUT2D eigenvalue weighted by molar-refractivity contribution is 5.08. The lowest BCUT2D eigenvalue weighted by Gasteiger charge is -2.61. The van der Waals surface area contributed by atoms with E-state index in [-0.39, 0.29) is 0 Å². The van der Waals surface area contributed by atoms with Crippen LogP contribution >= 0.6 is 0 Å². The smallest absolute Gasteiger partial charge is 0.0152 e. The quantitative estimate of drug-likeness (QED) is 0.775. The molecule has 1 unspecified atom stereocenters. The van der Waals surface area contributed by atoms with Crippen LogP contribution in [-0.2, 0) is 0 Å². The van der Waals surface area contributed by atoms with Gasteiger partial charge in [0.25, 0.3) is 0 Å². The largest absolute Gasteiger partial charge is 0.313 e. The Morgan fingerprint density at radius 2 is 1.58 bits per heavy atom. The molecule has 0 radical (unpaired) electrons. The van der Waals surface area contributed by atoms with Crippen molar-refractivity contribution in [2.24, 2.45) is 29.1 Å². The molecular formula is C18H31N. The van der Waals surface area contributed by atoms with E-state index in [1.54, 1.807) is 38.5 Å². The molecule has 0 heterocycles.